The minimum absolute atomic E-state index is 0.0442. The van der Waals surface area contributed by atoms with Crippen molar-refractivity contribution in [1.82, 2.24) is 14.5 Å². The predicted octanol–water partition coefficient (Wildman–Crippen LogP) is 3.24. The van der Waals surface area contributed by atoms with Crippen LogP contribution in [-0.2, 0) is 17.1 Å². The number of halogens is 1. The molecule has 4 aromatic rings. The minimum Gasteiger partial charge on any atom is -0.457 e. The molecule has 0 amide bonds. The van der Waals surface area contributed by atoms with E-state index < -0.39 is 22.7 Å². The molecule has 0 fully saturated rings. The fraction of sp³-hybridized carbons (Fsp3) is 0.130. The lowest BCUT2D eigenvalue weighted by Gasteiger charge is -2.14. The fourth-order valence-electron chi connectivity index (χ4n) is 3.10. The van der Waals surface area contributed by atoms with Gasteiger partial charge in [-0.05, 0) is 66.2 Å². The summed E-state index contributed by atoms with van der Waals surface area (Å²) in [4.78, 5) is 8.21. The van der Waals surface area contributed by atoms with Crippen LogP contribution in [0.5, 0.6) is 11.5 Å². The number of rotatable bonds is 8. The van der Waals surface area contributed by atoms with Crippen molar-refractivity contribution in [3.63, 3.8) is 0 Å². The third kappa shape index (κ3) is 5.39. The highest BCUT2D eigenvalue weighted by Crippen LogP contribution is 2.29. The number of anilines is 1. The molecular weight excluding hydrogens is 463 g/mol. The number of aromatic nitrogens is 3. The zero-order chi connectivity index (χ0) is 24.3. The maximum Gasteiger partial charge on any atom is 0.282 e. The lowest BCUT2D eigenvalue weighted by molar-refractivity contribution is 0.0956. The van der Waals surface area contributed by atoms with E-state index in [-0.39, 0.29) is 22.2 Å². The number of nitrogens with one attached hydrogen (secondary N) is 1. The second-order valence-corrected chi connectivity index (χ2v) is 9.06. The molecule has 1 atom stereocenters. The molecule has 2 aromatic carbocycles. The molecule has 0 unspecified atom stereocenters. The molecule has 2 aromatic heterocycles. The lowest BCUT2D eigenvalue weighted by Crippen LogP contribution is -2.15. The number of ether oxygens (including phenoxy) is 1. The number of hydrogen-bond donors (Lipinski definition) is 3. The van der Waals surface area contributed by atoms with Gasteiger partial charge in [-0.1, -0.05) is 0 Å². The van der Waals surface area contributed by atoms with E-state index in [1.54, 1.807) is 37.4 Å². The summed E-state index contributed by atoms with van der Waals surface area (Å²) in [5.74, 6) is 0.551. The van der Waals surface area contributed by atoms with E-state index in [1.807, 2.05) is 0 Å². The summed E-state index contributed by atoms with van der Waals surface area (Å²) in [6.45, 7) is -0.555. The molecule has 0 saturated heterocycles. The molecule has 0 radical (unpaired) electrons. The first-order valence-electron chi connectivity index (χ1n) is 10.1. The number of aliphatic hydroxyl groups is 2. The van der Waals surface area contributed by atoms with Gasteiger partial charge < -0.3 is 19.5 Å². The van der Waals surface area contributed by atoms with Gasteiger partial charge in [0.05, 0.1) is 18.6 Å². The van der Waals surface area contributed by atoms with Gasteiger partial charge in [0.1, 0.15) is 29.2 Å². The number of sulfonamides is 1. The Kier molecular flexibility index (Phi) is 6.59. The normalized spacial score (nSPS) is 12.4. The number of imidazole rings is 1. The van der Waals surface area contributed by atoms with E-state index >= 15 is 0 Å². The lowest BCUT2D eigenvalue weighted by atomic mass is 10.1. The van der Waals surface area contributed by atoms with Gasteiger partial charge in [0.25, 0.3) is 10.0 Å². The van der Waals surface area contributed by atoms with Gasteiger partial charge in [0.2, 0.25) is 0 Å². The first kappa shape index (κ1) is 23.4. The molecule has 176 valence electrons. The van der Waals surface area contributed by atoms with Gasteiger partial charge in [0.15, 0.2) is 5.03 Å². The fourth-order valence-corrected chi connectivity index (χ4v) is 4.08. The van der Waals surface area contributed by atoms with Crippen molar-refractivity contribution in [2.75, 3.05) is 11.3 Å². The van der Waals surface area contributed by atoms with Crippen LogP contribution in [0.25, 0.3) is 11.3 Å². The van der Waals surface area contributed by atoms with Gasteiger partial charge in [-0.25, -0.2) is 14.4 Å². The molecule has 2 heterocycles. The number of hydrogen-bond acceptors (Lipinski definition) is 7. The van der Waals surface area contributed by atoms with Crippen molar-refractivity contribution in [1.29, 1.82) is 0 Å². The van der Waals surface area contributed by atoms with Crippen molar-refractivity contribution >= 4 is 15.8 Å². The molecule has 4 rings (SSSR count). The highest BCUT2D eigenvalue weighted by Gasteiger charge is 2.20. The van der Waals surface area contributed by atoms with E-state index in [1.165, 1.54) is 47.4 Å². The van der Waals surface area contributed by atoms with E-state index in [9.17, 15) is 23.0 Å². The molecular formula is C23H21FN4O5S. The zero-order valence-corrected chi connectivity index (χ0v) is 18.8. The number of nitrogens with zero attached hydrogens (tertiary/aromatic N) is 3. The Bertz CT molecular complexity index is 1390. The number of aryl methyl sites for hydroxylation is 1. The highest BCUT2D eigenvalue weighted by molar-refractivity contribution is 7.92. The van der Waals surface area contributed by atoms with Crippen LogP contribution in [0, 0.1) is 5.82 Å². The molecule has 0 aliphatic carbocycles. The Labute approximate surface area is 195 Å². The highest BCUT2D eigenvalue weighted by atomic mass is 32.2. The molecule has 11 heteroatoms. The van der Waals surface area contributed by atoms with E-state index in [2.05, 4.69) is 14.7 Å². The van der Waals surface area contributed by atoms with Crippen LogP contribution in [0.2, 0.25) is 0 Å². The van der Waals surface area contributed by atoms with Crippen molar-refractivity contribution in [3.05, 3.63) is 84.6 Å². The van der Waals surface area contributed by atoms with E-state index in [4.69, 9.17) is 4.74 Å². The van der Waals surface area contributed by atoms with Gasteiger partial charge in [-0.15, -0.1) is 0 Å². The number of aliphatic hydroxyl groups excluding tert-OH is 2. The molecule has 0 bridgehead atoms. The van der Waals surface area contributed by atoms with Gasteiger partial charge in [0, 0.05) is 18.8 Å². The first-order valence-corrected chi connectivity index (χ1v) is 11.6. The van der Waals surface area contributed by atoms with Gasteiger partial charge in [-0.3, -0.25) is 4.72 Å². The SMILES string of the molecule is Cn1cnc(S(=O)(=O)Nc2cc([C@H](O)CO)cc(-c3ccc(Oc4ccc(F)cc4)cc3)n2)c1. The number of pyridine rings is 1. The summed E-state index contributed by atoms with van der Waals surface area (Å²) in [6.07, 6.45) is 1.46. The van der Waals surface area contributed by atoms with Gasteiger partial charge in [-0.2, -0.15) is 8.42 Å². The number of benzene rings is 2. The quantitative estimate of drug-likeness (QED) is 0.350. The second-order valence-electron chi connectivity index (χ2n) is 7.43. The van der Waals surface area contributed by atoms with Crippen molar-refractivity contribution in [3.8, 4) is 22.8 Å². The molecule has 34 heavy (non-hydrogen) atoms. The van der Waals surface area contributed by atoms with Gasteiger partial charge >= 0.3 is 0 Å². The van der Waals surface area contributed by atoms with Crippen molar-refractivity contribution in [2.45, 2.75) is 11.1 Å². The average Bonchev–Trinajstić information content (AvgIpc) is 3.27. The molecule has 3 N–H and O–H groups in total. The van der Waals surface area contributed by atoms with Crippen LogP contribution in [0.15, 0.2) is 78.2 Å². The summed E-state index contributed by atoms with van der Waals surface area (Å²) >= 11 is 0. The third-order valence-electron chi connectivity index (χ3n) is 4.80. The Morgan fingerprint density at radius 2 is 1.74 bits per heavy atom. The minimum atomic E-state index is -4.02. The molecule has 9 nitrogen and oxygen atoms in total. The predicted molar refractivity (Wildman–Crippen MR) is 122 cm³/mol. The maximum absolute atomic E-state index is 13.1. The summed E-state index contributed by atoms with van der Waals surface area (Å²) < 4.78 is 48.0. The van der Waals surface area contributed by atoms with Crippen LogP contribution < -0.4 is 9.46 Å². The Hall–Kier alpha value is -3.80. The Morgan fingerprint density at radius 3 is 2.32 bits per heavy atom. The van der Waals surface area contributed by atoms with Crippen LogP contribution in [-0.4, -0.2) is 39.8 Å². The molecule has 0 spiro atoms. The van der Waals surface area contributed by atoms with Crippen LogP contribution in [0.4, 0.5) is 10.2 Å². The second kappa shape index (κ2) is 9.59. The van der Waals surface area contributed by atoms with E-state index in [0.717, 1.165) is 0 Å². The summed E-state index contributed by atoms with van der Waals surface area (Å²) in [5, 5.41) is 19.4. The smallest absolute Gasteiger partial charge is 0.282 e. The summed E-state index contributed by atoms with van der Waals surface area (Å²) in [5.41, 5.74) is 1.24. The van der Waals surface area contributed by atoms with Crippen LogP contribution in [0.1, 0.15) is 11.7 Å². The Morgan fingerprint density at radius 1 is 1.09 bits per heavy atom. The largest absolute Gasteiger partial charge is 0.457 e. The molecule has 0 saturated carbocycles. The monoisotopic (exact) mass is 484 g/mol. The first-order chi connectivity index (χ1) is 16.2. The maximum atomic E-state index is 13.1. The summed E-state index contributed by atoms with van der Waals surface area (Å²) in [7, 11) is -2.38. The van der Waals surface area contributed by atoms with Crippen molar-refractivity contribution < 1.29 is 27.8 Å². The van der Waals surface area contributed by atoms with E-state index in [0.29, 0.717) is 22.8 Å². The standard InChI is InChI=1S/C23H21FN4O5S/c1-28-12-23(25-14-28)34(31,32)27-22-11-16(21(30)13-29)10-20(26-22)15-2-6-18(7-3-15)33-19-8-4-17(24)5-9-19/h2-12,14,21,29-30H,13H2,1H3,(H,26,27)/t21-/m1/s1. The zero-order valence-electron chi connectivity index (χ0n) is 18.0. The van der Waals surface area contributed by atoms with Crippen LogP contribution >= 0.6 is 0 Å². The van der Waals surface area contributed by atoms with Crippen molar-refractivity contribution in [2.24, 2.45) is 7.05 Å². The molecule has 0 aliphatic rings. The average molecular weight is 485 g/mol. The van der Waals surface area contributed by atoms with Crippen LogP contribution in [0.3, 0.4) is 0 Å². The Balaban J connectivity index is 1.63. The topological polar surface area (TPSA) is 127 Å². The molecule has 0 aliphatic heterocycles. The summed E-state index contributed by atoms with van der Waals surface area (Å²) in [6, 6.07) is 15.2. The third-order valence-corrected chi connectivity index (χ3v) is 6.04.